The number of anilines is 1. The number of H-pyrrole nitrogens is 1. The molecule has 13 heavy (non-hydrogen) atoms. The first-order valence-electron chi connectivity index (χ1n) is 3.67. The van der Waals surface area contributed by atoms with E-state index in [1.54, 1.807) is 16.9 Å². The molecule has 0 aliphatic heterocycles. The third kappa shape index (κ3) is 1.33. The van der Waals surface area contributed by atoms with Gasteiger partial charge in [0.25, 0.3) is 0 Å². The van der Waals surface area contributed by atoms with Gasteiger partial charge in [0.2, 0.25) is 0 Å². The molecule has 6 heteroatoms. The lowest BCUT2D eigenvalue weighted by atomic mass is 10.3. The van der Waals surface area contributed by atoms with E-state index in [4.69, 9.17) is 5.73 Å². The van der Waals surface area contributed by atoms with Crippen molar-refractivity contribution >= 4 is 21.7 Å². The van der Waals surface area contributed by atoms with Crippen LogP contribution in [0.3, 0.4) is 0 Å². The summed E-state index contributed by atoms with van der Waals surface area (Å²) < 4.78 is 2.66. The minimum Gasteiger partial charge on any atom is -0.382 e. The first-order valence-corrected chi connectivity index (χ1v) is 4.46. The number of aryl methyl sites for hydroxylation is 1. The molecular formula is C7H8BrN5. The number of rotatable bonds is 1. The molecule has 0 spiro atoms. The second-order valence-corrected chi connectivity index (χ2v) is 3.53. The van der Waals surface area contributed by atoms with Crippen LogP contribution in [-0.2, 0) is 7.05 Å². The Kier molecular flexibility index (Phi) is 1.84. The van der Waals surface area contributed by atoms with Crippen molar-refractivity contribution in [2.45, 2.75) is 0 Å². The lowest BCUT2D eigenvalue weighted by Crippen LogP contribution is -1.93. The topological polar surface area (TPSA) is 72.5 Å². The van der Waals surface area contributed by atoms with E-state index in [0.717, 1.165) is 15.9 Å². The summed E-state index contributed by atoms with van der Waals surface area (Å²) in [5.74, 6) is 0.475. The summed E-state index contributed by atoms with van der Waals surface area (Å²) in [6.45, 7) is 0. The molecule has 5 nitrogen and oxygen atoms in total. The maximum absolute atomic E-state index is 5.50. The summed E-state index contributed by atoms with van der Waals surface area (Å²) in [6.07, 6.45) is 1.73. The SMILES string of the molecule is Cn1ncc(Br)c1-c1cc(N)n[nH]1. The second kappa shape index (κ2) is 2.88. The monoisotopic (exact) mass is 241 g/mol. The minimum atomic E-state index is 0.475. The highest BCUT2D eigenvalue weighted by atomic mass is 79.9. The van der Waals surface area contributed by atoms with Crippen LogP contribution < -0.4 is 5.73 Å². The Bertz CT molecular complexity index is 410. The van der Waals surface area contributed by atoms with Crippen LogP contribution in [0.25, 0.3) is 11.4 Å². The van der Waals surface area contributed by atoms with Crippen LogP contribution in [0.15, 0.2) is 16.7 Å². The van der Waals surface area contributed by atoms with Crippen LogP contribution in [0.1, 0.15) is 0 Å². The Balaban J connectivity index is 2.57. The fourth-order valence-corrected chi connectivity index (χ4v) is 1.73. The van der Waals surface area contributed by atoms with Gasteiger partial charge in [0.05, 0.1) is 22.1 Å². The summed E-state index contributed by atoms with van der Waals surface area (Å²) >= 11 is 3.39. The van der Waals surface area contributed by atoms with E-state index in [9.17, 15) is 0 Å². The fourth-order valence-electron chi connectivity index (χ4n) is 1.17. The first kappa shape index (κ1) is 8.31. The summed E-state index contributed by atoms with van der Waals surface area (Å²) in [5.41, 5.74) is 7.28. The highest BCUT2D eigenvalue weighted by molar-refractivity contribution is 9.10. The molecule has 0 amide bonds. The van der Waals surface area contributed by atoms with Crippen molar-refractivity contribution < 1.29 is 0 Å². The number of aromatic nitrogens is 4. The maximum atomic E-state index is 5.50. The van der Waals surface area contributed by atoms with Crippen LogP contribution >= 0.6 is 15.9 Å². The third-order valence-electron chi connectivity index (χ3n) is 1.75. The fraction of sp³-hybridized carbons (Fsp3) is 0.143. The molecule has 2 aromatic rings. The number of hydrogen-bond donors (Lipinski definition) is 2. The van der Waals surface area contributed by atoms with Gasteiger partial charge in [-0.05, 0) is 15.9 Å². The van der Waals surface area contributed by atoms with Crippen molar-refractivity contribution in [2.75, 3.05) is 5.73 Å². The Hall–Kier alpha value is -1.30. The Morgan fingerprint density at radius 2 is 2.38 bits per heavy atom. The summed E-state index contributed by atoms with van der Waals surface area (Å²) in [5, 5.41) is 10.8. The molecule has 0 aliphatic rings. The van der Waals surface area contributed by atoms with Gasteiger partial charge < -0.3 is 5.73 Å². The van der Waals surface area contributed by atoms with E-state index in [1.807, 2.05) is 7.05 Å². The zero-order valence-corrected chi connectivity index (χ0v) is 8.54. The first-order chi connectivity index (χ1) is 6.18. The van der Waals surface area contributed by atoms with Gasteiger partial charge in [0, 0.05) is 13.1 Å². The predicted octanol–water partition coefficient (Wildman–Crippen LogP) is 1.15. The molecule has 0 saturated heterocycles. The number of nitrogens with one attached hydrogen (secondary N) is 1. The van der Waals surface area contributed by atoms with Crippen LogP contribution in [-0.4, -0.2) is 20.0 Å². The van der Waals surface area contributed by atoms with E-state index in [0.29, 0.717) is 5.82 Å². The van der Waals surface area contributed by atoms with E-state index < -0.39 is 0 Å². The molecule has 2 heterocycles. The summed E-state index contributed by atoms with van der Waals surface area (Å²) in [6, 6.07) is 1.77. The normalized spacial score (nSPS) is 10.6. The quantitative estimate of drug-likeness (QED) is 0.787. The molecule has 0 unspecified atom stereocenters. The molecule has 2 aromatic heterocycles. The Morgan fingerprint density at radius 1 is 1.62 bits per heavy atom. The smallest absolute Gasteiger partial charge is 0.145 e. The maximum Gasteiger partial charge on any atom is 0.145 e. The van der Waals surface area contributed by atoms with Gasteiger partial charge in [-0.15, -0.1) is 0 Å². The van der Waals surface area contributed by atoms with Crippen molar-refractivity contribution in [2.24, 2.45) is 7.05 Å². The zero-order valence-electron chi connectivity index (χ0n) is 6.95. The van der Waals surface area contributed by atoms with Crippen LogP contribution in [0.2, 0.25) is 0 Å². The van der Waals surface area contributed by atoms with Crippen molar-refractivity contribution in [3.63, 3.8) is 0 Å². The largest absolute Gasteiger partial charge is 0.382 e. The van der Waals surface area contributed by atoms with E-state index in [2.05, 4.69) is 31.2 Å². The lowest BCUT2D eigenvalue weighted by Gasteiger charge is -1.97. The van der Waals surface area contributed by atoms with E-state index in [1.165, 1.54) is 0 Å². The molecule has 0 saturated carbocycles. The van der Waals surface area contributed by atoms with Crippen molar-refractivity contribution in [3.8, 4) is 11.4 Å². The van der Waals surface area contributed by atoms with Gasteiger partial charge in [-0.2, -0.15) is 10.2 Å². The van der Waals surface area contributed by atoms with Gasteiger partial charge >= 0.3 is 0 Å². The Labute approximate surface area is 83.1 Å². The molecule has 3 N–H and O–H groups in total. The summed E-state index contributed by atoms with van der Waals surface area (Å²) in [4.78, 5) is 0. The molecule has 0 atom stereocenters. The predicted molar refractivity (Wildman–Crippen MR) is 52.9 cm³/mol. The minimum absolute atomic E-state index is 0.475. The van der Waals surface area contributed by atoms with Crippen molar-refractivity contribution in [1.82, 2.24) is 20.0 Å². The lowest BCUT2D eigenvalue weighted by molar-refractivity contribution is 0.772. The molecule has 0 bridgehead atoms. The average molecular weight is 242 g/mol. The molecule has 0 radical (unpaired) electrons. The molecule has 2 rings (SSSR count). The summed E-state index contributed by atoms with van der Waals surface area (Å²) in [7, 11) is 1.86. The standard InChI is InChI=1S/C7H8BrN5/c1-13-7(4(8)3-10-13)5-2-6(9)12-11-5/h2-3H,1H3,(H3,9,11,12). The number of nitrogens with two attached hydrogens (primary N) is 1. The highest BCUT2D eigenvalue weighted by Crippen LogP contribution is 2.26. The Morgan fingerprint density at radius 3 is 2.85 bits per heavy atom. The second-order valence-electron chi connectivity index (χ2n) is 2.67. The number of halogens is 1. The van der Waals surface area contributed by atoms with Crippen molar-refractivity contribution in [1.29, 1.82) is 0 Å². The van der Waals surface area contributed by atoms with Gasteiger partial charge in [0.1, 0.15) is 5.82 Å². The van der Waals surface area contributed by atoms with Gasteiger partial charge in [-0.3, -0.25) is 9.78 Å². The van der Waals surface area contributed by atoms with Crippen LogP contribution in [0.4, 0.5) is 5.82 Å². The van der Waals surface area contributed by atoms with Gasteiger partial charge in [-0.25, -0.2) is 0 Å². The van der Waals surface area contributed by atoms with E-state index in [-0.39, 0.29) is 0 Å². The molecule has 0 fully saturated rings. The zero-order chi connectivity index (χ0) is 9.42. The molecule has 0 aliphatic carbocycles. The van der Waals surface area contributed by atoms with Gasteiger partial charge in [-0.1, -0.05) is 0 Å². The van der Waals surface area contributed by atoms with Crippen LogP contribution in [0, 0.1) is 0 Å². The van der Waals surface area contributed by atoms with Gasteiger partial charge in [0.15, 0.2) is 0 Å². The molecule has 0 aromatic carbocycles. The number of hydrogen-bond acceptors (Lipinski definition) is 3. The number of nitrogens with zero attached hydrogens (tertiary/aromatic N) is 3. The van der Waals surface area contributed by atoms with E-state index >= 15 is 0 Å². The van der Waals surface area contributed by atoms with Crippen LogP contribution in [0.5, 0.6) is 0 Å². The highest BCUT2D eigenvalue weighted by Gasteiger charge is 2.10. The third-order valence-corrected chi connectivity index (χ3v) is 2.33. The number of nitrogen functional groups attached to an aromatic ring is 1. The molecule has 68 valence electrons. The van der Waals surface area contributed by atoms with Crippen molar-refractivity contribution in [3.05, 3.63) is 16.7 Å². The average Bonchev–Trinajstić information content (AvgIpc) is 2.60. The molecular weight excluding hydrogens is 234 g/mol. The number of aromatic amines is 1.